The Morgan fingerprint density at radius 1 is 1.00 bits per heavy atom. The summed E-state index contributed by atoms with van der Waals surface area (Å²) >= 11 is 11.9. The van der Waals surface area contributed by atoms with Crippen LogP contribution in [-0.4, -0.2) is 11.8 Å². The number of hydrogen-bond donors (Lipinski definition) is 2. The van der Waals surface area contributed by atoms with Crippen LogP contribution >= 0.6 is 23.2 Å². The van der Waals surface area contributed by atoms with E-state index in [4.69, 9.17) is 23.2 Å². The highest BCUT2D eigenvalue weighted by molar-refractivity contribution is 6.36. The molecule has 2 N–H and O–H groups in total. The highest BCUT2D eigenvalue weighted by Crippen LogP contribution is 2.27. The van der Waals surface area contributed by atoms with Gasteiger partial charge in [0.05, 0.1) is 10.7 Å². The molecule has 2 rings (SSSR count). The number of anilines is 1. The molecule has 0 unspecified atom stereocenters. The molecule has 6 heteroatoms. The van der Waals surface area contributed by atoms with Crippen LogP contribution in [0.1, 0.15) is 19.4 Å². The molecule has 0 bridgehead atoms. The lowest BCUT2D eigenvalue weighted by Gasteiger charge is -2.23. The fourth-order valence-electron chi connectivity index (χ4n) is 1.97. The lowest BCUT2D eigenvalue weighted by atomic mass is 9.90. The zero-order chi connectivity index (χ0) is 17.7. The maximum absolute atomic E-state index is 12.5. The molecule has 0 aliphatic heterocycles. The van der Waals surface area contributed by atoms with E-state index in [1.54, 1.807) is 26.0 Å². The molecule has 2 amide bonds. The molecule has 0 heterocycles. The van der Waals surface area contributed by atoms with Crippen molar-refractivity contribution in [2.75, 3.05) is 5.32 Å². The largest absolute Gasteiger partial charge is 0.351 e. The maximum Gasteiger partial charge on any atom is 0.239 e. The van der Waals surface area contributed by atoms with Gasteiger partial charge in [-0.15, -0.1) is 0 Å². The molecule has 2 aromatic carbocycles. The SMILES string of the molecule is CC(C)(C(=O)NCc1ccccc1)C(=O)Nc1ccc(Cl)cc1Cl. The zero-order valence-electron chi connectivity index (χ0n) is 13.4. The van der Waals surface area contributed by atoms with Crippen molar-refractivity contribution in [3.63, 3.8) is 0 Å². The van der Waals surface area contributed by atoms with Crippen LogP contribution in [0.15, 0.2) is 48.5 Å². The average molecular weight is 365 g/mol. The van der Waals surface area contributed by atoms with Crippen molar-refractivity contribution >= 4 is 40.7 Å². The van der Waals surface area contributed by atoms with Crippen molar-refractivity contribution in [1.82, 2.24) is 5.32 Å². The molecule has 2 aromatic rings. The number of benzene rings is 2. The van der Waals surface area contributed by atoms with Gasteiger partial charge in [0.15, 0.2) is 0 Å². The van der Waals surface area contributed by atoms with Gasteiger partial charge in [0.25, 0.3) is 0 Å². The molecule has 0 spiro atoms. The van der Waals surface area contributed by atoms with Gasteiger partial charge in [0.1, 0.15) is 5.41 Å². The quantitative estimate of drug-likeness (QED) is 0.778. The smallest absolute Gasteiger partial charge is 0.239 e. The Bertz CT molecular complexity index is 746. The van der Waals surface area contributed by atoms with Gasteiger partial charge in [-0.05, 0) is 37.6 Å². The molecule has 0 aliphatic rings. The van der Waals surface area contributed by atoms with Crippen molar-refractivity contribution in [1.29, 1.82) is 0 Å². The first kappa shape index (κ1) is 18.3. The minimum absolute atomic E-state index is 0.316. The summed E-state index contributed by atoms with van der Waals surface area (Å²) in [6, 6.07) is 14.2. The van der Waals surface area contributed by atoms with E-state index >= 15 is 0 Å². The van der Waals surface area contributed by atoms with Crippen LogP contribution in [0.2, 0.25) is 10.0 Å². The Balaban J connectivity index is 2.02. The summed E-state index contributed by atoms with van der Waals surface area (Å²) in [5.41, 5.74) is 0.121. The summed E-state index contributed by atoms with van der Waals surface area (Å²) < 4.78 is 0. The summed E-state index contributed by atoms with van der Waals surface area (Å²) in [5, 5.41) is 6.23. The summed E-state index contributed by atoms with van der Waals surface area (Å²) in [6.45, 7) is 3.48. The highest BCUT2D eigenvalue weighted by atomic mass is 35.5. The van der Waals surface area contributed by atoms with E-state index in [0.717, 1.165) is 5.56 Å². The normalized spacial score (nSPS) is 11.0. The second-order valence-corrected chi connectivity index (χ2v) is 6.72. The number of rotatable bonds is 5. The van der Waals surface area contributed by atoms with Gasteiger partial charge in [-0.1, -0.05) is 53.5 Å². The predicted molar refractivity (Wildman–Crippen MR) is 97.2 cm³/mol. The van der Waals surface area contributed by atoms with Crippen LogP contribution in [-0.2, 0) is 16.1 Å². The third-order valence-electron chi connectivity index (χ3n) is 3.61. The van der Waals surface area contributed by atoms with Crippen LogP contribution in [0.25, 0.3) is 0 Å². The predicted octanol–water partition coefficient (Wildman–Crippen LogP) is 4.27. The van der Waals surface area contributed by atoms with Crippen LogP contribution in [0.3, 0.4) is 0 Å². The van der Waals surface area contributed by atoms with Crippen molar-refractivity contribution in [2.45, 2.75) is 20.4 Å². The molecule has 0 aromatic heterocycles. The topological polar surface area (TPSA) is 58.2 Å². The Kier molecular flexibility index (Phi) is 5.86. The van der Waals surface area contributed by atoms with Gasteiger partial charge in [0, 0.05) is 11.6 Å². The number of carbonyl (C=O) groups excluding carboxylic acids is 2. The Hall–Kier alpha value is -2.04. The summed E-state index contributed by atoms with van der Waals surface area (Å²) in [6.07, 6.45) is 0. The van der Waals surface area contributed by atoms with Crippen molar-refractivity contribution in [3.05, 3.63) is 64.1 Å². The van der Waals surface area contributed by atoms with Gasteiger partial charge in [-0.2, -0.15) is 0 Å². The zero-order valence-corrected chi connectivity index (χ0v) is 14.9. The molecule has 0 saturated carbocycles. The molecule has 0 aliphatic carbocycles. The fraction of sp³-hybridized carbons (Fsp3) is 0.222. The number of carbonyl (C=O) groups is 2. The van der Waals surface area contributed by atoms with Crippen LogP contribution < -0.4 is 10.6 Å². The fourth-order valence-corrected chi connectivity index (χ4v) is 2.43. The van der Waals surface area contributed by atoms with Gasteiger partial charge in [-0.3, -0.25) is 9.59 Å². The van der Waals surface area contributed by atoms with Gasteiger partial charge in [0.2, 0.25) is 11.8 Å². The standard InChI is InChI=1S/C18H18Cl2N2O2/c1-18(2,16(23)21-11-12-6-4-3-5-7-12)17(24)22-15-9-8-13(19)10-14(15)20/h3-10H,11H2,1-2H3,(H,21,23)(H,22,24). The molecule has 0 saturated heterocycles. The first-order chi connectivity index (χ1) is 11.3. The van der Waals surface area contributed by atoms with E-state index in [1.165, 1.54) is 6.07 Å². The monoisotopic (exact) mass is 364 g/mol. The number of hydrogen-bond acceptors (Lipinski definition) is 2. The van der Waals surface area contributed by atoms with E-state index in [0.29, 0.717) is 22.3 Å². The van der Waals surface area contributed by atoms with E-state index in [9.17, 15) is 9.59 Å². The maximum atomic E-state index is 12.5. The van der Waals surface area contributed by atoms with E-state index in [1.807, 2.05) is 30.3 Å². The second-order valence-electron chi connectivity index (χ2n) is 5.87. The second kappa shape index (κ2) is 7.69. The third-order valence-corrected chi connectivity index (χ3v) is 4.16. The number of halogens is 2. The van der Waals surface area contributed by atoms with Crippen molar-refractivity contribution in [3.8, 4) is 0 Å². The van der Waals surface area contributed by atoms with Crippen LogP contribution in [0.4, 0.5) is 5.69 Å². The van der Waals surface area contributed by atoms with Gasteiger partial charge >= 0.3 is 0 Å². The summed E-state index contributed by atoms with van der Waals surface area (Å²) in [5.74, 6) is -0.814. The van der Waals surface area contributed by atoms with Gasteiger partial charge in [-0.25, -0.2) is 0 Å². The minimum atomic E-state index is -1.25. The molecule has 4 nitrogen and oxygen atoms in total. The highest BCUT2D eigenvalue weighted by Gasteiger charge is 2.36. The van der Waals surface area contributed by atoms with Crippen molar-refractivity contribution < 1.29 is 9.59 Å². The lowest BCUT2D eigenvalue weighted by molar-refractivity contribution is -0.138. The van der Waals surface area contributed by atoms with Gasteiger partial charge < -0.3 is 10.6 Å². The first-order valence-corrected chi connectivity index (χ1v) is 8.15. The molecule has 0 radical (unpaired) electrons. The van der Waals surface area contributed by atoms with Crippen LogP contribution in [0.5, 0.6) is 0 Å². The molecular weight excluding hydrogens is 347 g/mol. The minimum Gasteiger partial charge on any atom is -0.351 e. The number of amides is 2. The molecule has 126 valence electrons. The van der Waals surface area contributed by atoms with Crippen molar-refractivity contribution in [2.24, 2.45) is 5.41 Å². The Morgan fingerprint density at radius 2 is 1.67 bits per heavy atom. The average Bonchev–Trinajstić information content (AvgIpc) is 2.55. The first-order valence-electron chi connectivity index (χ1n) is 7.39. The molecular formula is C18H18Cl2N2O2. The molecule has 0 atom stereocenters. The Morgan fingerprint density at radius 3 is 2.29 bits per heavy atom. The number of nitrogens with one attached hydrogen (secondary N) is 2. The molecule has 24 heavy (non-hydrogen) atoms. The third kappa shape index (κ3) is 4.49. The van der Waals surface area contributed by atoms with Crippen LogP contribution in [0, 0.1) is 5.41 Å². The van der Waals surface area contributed by atoms with E-state index in [-0.39, 0.29) is 5.91 Å². The molecule has 0 fully saturated rings. The van der Waals surface area contributed by atoms with E-state index < -0.39 is 11.3 Å². The summed E-state index contributed by atoms with van der Waals surface area (Å²) in [7, 11) is 0. The Labute approximate surface area is 151 Å². The summed E-state index contributed by atoms with van der Waals surface area (Å²) in [4.78, 5) is 24.8. The van der Waals surface area contributed by atoms with E-state index in [2.05, 4.69) is 10.6 Å². The lowest BCUT2D eigenvalue weighted by Crippen LogP contribution is -2.44.